The van der Waals surface area contributed by atoms with Crippen LogP contribution >= 0.6 is 0 Å². The van der Waals surface area contributed by atoms with E-state index in [-0.39, 0.29) is 0 Å². The van der Waals surface area contributed by atoms with Crippen molar-refractivity contribution in [3.05, 3.63) is 36.0 Å². The summed E-state index contributed by atoms with van der Waals surface area (Å²) in [7, 11) is 0. The van der Waals surface area contributed by atoms with Gasteiger partial charge in [0, 0.05) is 12.1 Å². The third-order valence-electron chi connectivity index (χ3n) is 2.95. The largest absolute Gasteiger partial charge is 0.504 e. The highest BCUT2D eigenvalue weighted by molar-refractivity contribution is 5.67. The van der Waals surface area contributed by atoms with Crippen LogP contribution in [-0.4, -0.2) is 14.9 Å². The molecule has 3 heteroatoms. The maximum atomic E-state index is 10.4. The molecule has 3 nitrogen and oxygen atoms in total. The smallest absolute Gasteiger partial charge is 0.164 e. The van der Waals surface area contributed by atoms with E-state index in [0.29, 0.717) is 11.7 Å². The normalized spacial score (nSPS) is 11.1. The minimum atomic E-state index is 0.330. The Morgan fingerprint density at radius 3 is 2.44 bits per heavy atom. The standard InChI is InChI=1S/C15H20N2O/c1-4-17-14(12-8-6-5-7-9-12)15(18)13(16-17)10-11(2)3/h5-9,11,18H,4,10H2,1-3H3. The van der Waals surface area contributed by atoms with Gasteiger partial charge < -0.3 is 5.11 Å². The van der Waals surface area contributed by atoms with E-state index < -0.39 is 0 Å². The molecule has 0 atom stereocenters. The van der Waals surface area contributed by atoms with Crippen LogP contribution in [0.2, 0.25) is 0 Å². The van der Waals surface area contributed by atoms with Gasteiger partial charge in [-0.1, -0.05) is 44.2 Å². The summed E-state index contributed by atoms with van der Waals surface area (Å²) in [5, 5.41) is 14.9. The number of hydrogen-bond donors (Lipinski definition) is 1. The van der Waals surface area contributed by atoms with E-state index in [1.54, 1.807) is 0 Å². The van der Waals surface area contributed by atoms with E-state index in [1.807, 2.05) is 41.9 Å². The Kier molecular flexibility index (Phi) is 3.70. The highest BCUT2D eigenvalue weighted by Gasteiger charge is 2.18. The molecule has 0 unspecified atom stereocenters. The minimum Gasteiger partial charge on any atom is -0.504 e. The lowest BCUT2D eigenvalue weighted by Gasteiger charge is -2.04. The van der Waals surface area contributed by atoms with Crippen molar-refractivity contribution >= 4 is 0 Å². The van der Waals surface area contributed by atoms with E-state index in [0.717, 1.165) is 29.9 Å². The second kappa shape index (κ2) is 5.25. The lowest BCUT2D eigenvalue weighted by atomic mass is 10.1. The van der Waals surface area contributed by atoms with Crippen LogP contribution in [-0.2, 0) is 13.0 Å². The first-order valence-electron chi connectivity index (χ1n) is 6.47. The number of benzene rings is 1. The van der Waals surface area contributed by atoms with Gasteiger partial charge in [-0.05, 0) is 19.3 Å². The van der Waals surface area contributed by atoms with Crippen LogP contribution in [0.15, 0.2) is 30.3 Å². The summed E-state index contributed by atoms with van der Waals surface area (Å²) in [4.78, 5) is 0. The summed E-state index contributed by atoms with van der Waals surface area (Å²) in [6, 6.07) is 9.93. The average Bonchev–Trinajstić information content (AvgIpc) is 2.66. The van der Waals surface area contributed by atoms with Crippen LogP contribution in [0, 0.1) is 5.92 Å². The molecule has 1 aromatic carbocycles. The molecular formula is C15H20N2O. The van der Waals surface area contributed by atoms with E-state index >= 15 is 0 Å². The Bertz CT molecular complexity index is 515. The highest BCUT2D eigenvalue weighted by Crippen LogP contribution is 2.33. The second-order valence-corrected chi connectivity index (χ2v) is 4.92. The molecule has 1 aromatic heterocycles. The Morgan fingerprint density at radius 1 is 1.22 bits per heavy atom. The SMILES string of the molecule is CCn1nc(CC(C)C)c(O)c1-c1ccccc1. The number of rotatable bonds is 4. The highest BCUT2D eigenvalue weighted by atomic mass is 16.3. The maximum absolute atomic E-state index is 10.4. The van der Waals surface area contributed by atoms with Gasteiger partial charge in [0.1, 0.15) is 11.4 Å². The number of nitrogens with zero attached hydrogens (tertiary/aromatic N) is 2. The molecule has 0 aliphatic carbocycles. The molecule has 0 fully saturated rings. The number of hydrogen-bond acceptors (Lipinski definition) is 2. The van der Waals surface area contributed by atoms with Crippen molar-refractivity contribution in [3.63, 3.8) is 0 Å². The lowest BCUT2D eigenvalue weighted by Crippen LogP contribution is -2.01. The summed E-state index contributed by atoms with van der Waals surface area (Å²) >= 11 is 0. The van der Waals surface area contributed by atoms with Crippen molar-refractivity contribution in [2.24, 2.45) is 5.92 Å². The van der Waals surface area contributed by atoms with Gasteiger partial charge in [-0.3, -0.25) is 4.68 Å². The Labute approximate surface area is 108 Å². The molecular weight excluding hydrogens is 224 g/mol. The quantitative estimate of drug-likeness (QED) is 0.894. The first-order valence-corrected chi connectivity index (χ1v) is 6.47. The van der Waals surface area contributed by atoms with Gasteiger partial charge >= 0.3 is 0 Å². The van der Waals surface area contributed by atoms with Crippen molar-refractivity contribution in [2.45, 2.75) is 33.7 Å². The van der Waals surface area contributed by atoms with Gasteiger partial charge in [0.15, 0.2) is 5.75 Å². The van der Waals surface area contributed by atoms with Gasteiger partial charge in [0.25, 0.3) is 0 Å². The molecule has 0 amide bonds. The molecule has 2 rings (SSSR count). The van der Waals surface area contributed by atoms with Gasteiger partial charge in [0.05, 0.1) is 0 Å². The van der Waals surface area contributed by atoms with Crippen LogP contribution in [0.25, 0.3) is 11.3 Å². The van der Waals surface area contributed by atoms with Crippen LogP contribution in [0.4, 0.5) is 0 Å². The molecule has 18 heavy (non-hydrogen) atoms. The monoisotopic (exact) mass is 244 g/mol. The number of aromatic nitrogens is 2. The molecule has 0 bridgehead atoms. The van der Waals surface area contributed by atoms with Gasteiger partial charge in [-0.2, -0.15) is 5.10 Å². The van der Waals surface area contributed by atoms with Crippen molar-refractivity contribution in [2.75, 3.05) is 0 Å². The van der Waals surface area contributed by atoms with Crippen LogP contribution in [0.5, 0.6) is 5.75 Å². The number of aryl methyl sites for hydroxylation is 1. The first-order chi connectivity index (χ1) is 8.63. The van der Waals surface area contributed by atoms with Gasteiger partial charge in [0.2, 0.25) is 0 Å². The minimum absolute atomic E-state index is 0.330. The van der Waals surface area contributed by atoms with E-state index in [9.17, 15) is 5.11 Å². The van der Waals surface area contributed by atoms with E-state index in [4.69, 9.17) is 0 Å². The molecule has 0 saturated carbocycles. The van der Waals surface area contributed by atoms with Crippen LogP contribution in [0.1, 0.15) is 26.5 Å². The fourth-order valence-electron chi connectivity index (χ4n) is 2.14. The molecule has 96 valence electrons. The zero-order valence-electron chi connectivity index (χ0n) is 11.2. The predicted octanol–water partition coefficient (Wildman–Crippen LogP) is 3.47. The summed E-state index contributed by atoms with van der Waals surface area (Å²) in [6.07, 6.45) is 0.804. The van der Waals surface area contributed by atoms with Crippen molar-refractivity contribution in [1.82, 2.24) is 9.78 Å². The zero-order valence-corrected chi connectivity index (χ0v) is 11.2. The fraction of sp³-hybridized carbons (Fsp3) is 0.400. The maximum Gasteiger partial charge on any atom is 0.164 e. The topological polar surface area (TPSA) is 38.0 Å². The Hall–Kier alpha value is -1.77. The van der Waals surface area contributed by atoms with Crippen LogP contribution in [0.3, 0.4) is 0 Å². The molecule has 0 aliphatic rings. The molecule has 0 radical (unpaired) electrons. The van der Waals surface area contributed by atoms with E-state index in [2.05, 4.69) is 18.9 Å². The molecule has 1 heterocycles. The van der Waals surface area contributed by atoms with E-state index in [1.165, 1.54) is 0 Å². The van der Waals surface area contributed by atoms with Gasteiger partial charge in [-0.15, -0.1) is 0 Å². The molecule has 0 spiro atoms. The zero-order chi connectivity index (χ0) is 13.1. The van der Waals surface area contributed by atoms with Crippen molar-refractivity contribution in [3.8, 4) is 17.0 Å². The van der Waals surface area contributed by atoms with Crippen molar-refractivity contribution in [1.29, 1.82) is 0 Å². The molecule has 0 saturated heterocycles. The van der Waals surface area contributed by atoms with Crippen LogP contribution < -0.4 is 0 Å². The third-order valence-corrected chi connectivity index (χ3v) is 2.95. The third kappa shape index (κ3) is 2.40. The summed E-state index contributed by atoms with van der Waals surface area (Å²) < 4.78 is 1.88. The predicted molar refractivity (Wildman–Crippen MR) is 73.5 cm³/mol. The lowest BCUT2D eigenvalue weighted by molar-refractivity contribution is 0.464. The summed E-state index contributed by atoms with van der Waals surface area (Å²) in [5.41, 5.74) is 2.64. The van der Waals surface area contributed by atoms with Crippen molar-refractivity contribution < 1.29 is 5.11 Å². The summed E-state index contributed by atoms with van der Waals surface area (Å²) in [6.45, 7) is 7.06. The summed E-state index contributed by atoms with van der Waals surface area (Å²) in [5.74, 6) is 0.816. The Balaban J connectivity index is 2.49. The fourth-order valence-corrected chi connectivity index (χ4v) is 2.14. The molecule has 2 aromatic rings. The Morgan fingerprint density at radius 2 is 1.89 bits per heavy atom. The molecule has 1 N–H and O–H groups in total. The van der Waals surface area contributed by atoms with Gasteiger partial charge in [-0.25, -0.2) is 0 Å². The number of aromatic hydroxyl groups is 1. The second-order valence-electron chi connectivity index (χ2n) is 4.92. The average molecular weight is 244 g/mol. The first kappa shape index (κ1) is 12.7. The molecule has 0 aliphatic heterocycles.